The molecule has 0 unspecified atom stereocenters. The van der Waals surface area contributed by atoms with Gasteiger partial charge in [-0.15, -0.1) is 11.3 Å². The van der Waals surface area contributed by atoms with Crippen molar-refractivity contribution in [3.63, 3.8) is 0 Å². The Morgan fingerprint density at radius 2 is 2.00 bits per heavy atom. The van der Waals surface area contributed by atoms with E-state index in [9.17, 15) is 9.59 Å². The molecule has 2 aliphatic rings. The van der Waals surface area contributed by atoms with Gasteiger partial charge in [0.25, 0.3) is 5.56 Å². The Bertz CT molecular complexity index is 1350. The molecule has 1 fully saturated rings. The molecular formula is C24H25N5O2S. The summed E-state index contributed by atoms with van der Waals surface area (Å²) < 4.78 is 0. The molecule has 4 aromatic rings. The number of aryl methyl sites for hydroxylation is 3. The number of hydrogen-bond donors (Lipinski definition) is 2. The van der Waals surface area contributed by atoms with Crippen LogP contribution >= 0.6 is 11.3 Å². The molecule has 4 heterocycles. The number of imidazole rings is 1. The van der Waals surface area contributed by atoms with Crippen LogP contribution in [0.4, 0.5) is 0 Å². The average molecular weight is 448 g/mol. The third kappa shape index (κ3) is 3.33. The molecule has 0 spiro atoms. The normalized spacial score (nSPS) is 18.5. The first-order valence-electron chi connectivity index (χ1n) is 11.4. The maximum Gasteiger partial charge on any atom is 0.259 e. The number of fused-ring (bicyclic) bond motifs is 4. The zero-order valence-corrected chi connectivity index (χ0v) is 18.6. The Labute approximate surface area is 188 Å². The van der Waals surface area contributed by atoms with Crippen LogP contribution in [-0.4, -0.2) is 37.3 Å². The summed E-state index contributed by atoms with van der Waals surface area (Å²) in [5.74, 6) is 1.55. The van der Waals surface area contributed by atoms with E-state index in [1.165, 1.54) is 16.9 Å². The standard InChI is InChI=1S/C24H25N5O2S/c30-20(29-13-5-9-17(29)22-25-15-7-2-3-8-16(15)26-22)12-11-19-27-23(31)21-14-6-1-4-10-18(14)32-24(21)28-19/h2-3,7-8,17H,1,4-6,9-13H2,(H,25,26)(H,27,28,31)/t17-/m1/s1. The summed E-state index contributed by atoms with van der Waals surface area (Å²) in [5.41, 5.74) is 3.06. The minimum Gasteiger partial charge on any atom is -0.340 e. The summed E-state index contributed by atoms with van der Waals surface area (Å²) in [4.78, 5) is 45.7. The van der Waals surface area contributed by atoms with Crippen molar-refractivity contribution in [3.8, 4) is 0 Å². The number of para-hydroxylation sites is 2. The van der Waals surface area contributed by atoms with Crippen LogP contribution in [-0.2, 0) is 24.1 Å². The van der Waals surface area contributed by atoms with Crippen LogP contribution < -0.4 is 5.56 Å². The van der Waals surface area contributed by atoms with E-state index >= 15 is 0 Å². The molecule has 1 aliphatic heterocycles. The monoisotopic (exact) mass is 447 g/mol. The second-order valence-corrected chi connectivity index (χ2v) is 9.87. The van der Waals surface area contributed by atoms with Gasteiger partial charge in [-0.25, -0.2) is 9.97 Å². The predicted molar refractivity (Wildman–Crippen MR) is 125 cm³/mol. The third-order valence-corrected chi connectivity index (χ3v) is 7.93. The number of amides is 1. The fourth-order valence-corrected chi connectivity index (χ4v) is 6.46. The van der Waals surface area contributed by atoms with Gasteiger partial charge in [0.2, 0.25) is 5.91 Å². The number of H-pyrrole nitrogens is 2. The van der Waals surface area contributed by atoms with Crippen molar-refractivity contribution in [2.24, 2.45) is 0 Å². The number of benzene rings is 1. The van der Waals surface area contributed by atoms with Gasteiger partial charge in [0.1, 0.15) is 16.5 Å². The average Bonchev–Trinajstić information content (AvgIpc) is 3.53. The topological polar surface area (TPSA) is 94.7 Å². The van der Waals surface area contributed by atoms with Gasteiger partial charge in [0.05, 0.1) is 22.5 Å². The molecule has 1 saturated heterocycles. The van der Waals surface area contributed by atoms with Crippen molar-refractivity contribution in [2.45, 2.75) is 57.4 Å². The maximum atomic E-state index is 13.1. The minimum absolute atomic E-state index is 0.0200. The Balaban J connectivity index is 1.20. The number of carbonyl (C=O) groups is 1. The van der Waals surface area contributed by atoms with E-state index < -0.39 is 0 Å². The highest BCUT2D eigenvalue weighted by atomic mass is 32.1. The van der Waals surface area contributed by atoms with Gasteiger partial charge in [-0.05, 0) is 56.2 Å². The summed E-state index contributed by atoms with van der Waals surface area (Å²) in [6, 6.07) is 7.92. The Morgan fingerprint density at radius 3 is 2.91 bits per heavy atom. The minimum atomic E-state index is -0.0572. The third-order valence-electron chi connectivity index (χ3n) is 6.75. The molecule has 1 amide bonds. The molecular weight excluding hydrogens is 422 g/mol. The highest BCUT2D eigenvalue weighted by Gasteiger charge is 2.32. The van der Waals surface area contributed by atoms with Crippen molar-refractivity contribution < 1.29 is 4.79 Å². The van der Waals surface area contributed by atoms with Crippen LogP contribution in [0.3, 0.4) is 0 Å². The first-order valence-corrected chi connectivity index (χ1v) is 12.3. The smallest absolute Gasteiger partial charge is 0.259 e. The zero-order valence-electron chi connectivity index (χ0n) is 17.8. The van der Waals surface area contributed by atoms with Crippen LogP contribution in [0.2, 0.25) is 0 Å². The molecule has 0 radical (unpaired) electrons. The maximum absolute atomic E-state index is 13.1. The molecule has 164 valence electrons. The van der Waals surface area contributed by atoms with Crippen LogP contribution in [0.25, 0.3) is 21.3 Å². The molecule has 2 N–H and O–H groups in total. The number of nitrogens with zero attached hydrogens (tertiary/aromatic N) is 3. The van der Waals surface area contributed by atoms with Gasteiger partial charge in [-0.1, -0.05) is 12.1 Å². The van der Waals surface area contributed by atoms with Crippen molar-refractivity contribution >= 4 is 38.5 Å². The SMILES string of the molecule is O=C(CCc1nc2sc3c(c2c(=O)[nH]1)CCCC3)N1CCC[C@@H]1c1nc2ccccc2[nH]1. The number of likely N-dealkylation sites (tertiary alicyclic amines) is 1. The van der Waals surface area contributed by atoms with Crippen LogP contribution in [0.15, 0.2) is 29.1 Å². The van der Waals surface area contributed by atoms with E-state index in [4.69, 9.17) is 9.97 Å². The number of carbonyl (C=O) groups excluding carboxylic acids is 1. The molecule has 6 rings (SSSR count). The molecule has 0 bridgehead atoms. The largest absolute Gasteiger partial charge is 0.340 e. The second kappa shape index (κ2) is 7.85. The van der Waals surface area contributed by atoms with Crippen molar-refractivity contribution in [1.29, 1.82) is 0 Å². The van der Waals surface area contributed by atoms with Crippen molar-refractivity contribution in [2.75, 3.05) is 6.54 Å². The lowest BCUT2D eigenvalue weighted by molar-refractivity contribution is -0.132. The highest BCUT2D eigenvalue weighted by Crippen LogP contribution is 2.34. The van der Waals surface area contributed by atoms with E-state index in [1.807, 2.05) is 29.2 Å². The van der Waals surface area contributed by atoms with Crippen LogP contribution in [0, 0.1) is 0 Å². The van der Waals surface area contributed by atoms with Gasteiger partial charge >= 0.3 is 0 Å². The Kier molecular flexibility index (Phi) is 4.82. The molecule has 8 heteroatoms. The molecule has 1 atom stereocenters. The lowest BCUT2D eigenvalue weighted by Crippen LogP contribution is -2.31. The first-order chi connectivity index (χ1) is 15.7. The number of aromatic amines is 2. The number of hydrogen-bond acceptors (Lipinski definition) is 5. The lowest BCUT2D eigenvalue weighted by atomic mass is 9.97. The van der Waals surface area contributed by atoms with Gasteiger partial charge in [-0.3, -0.25) is 9.59 Å². The van der Waals surface area contributed by atoms with Gasteiger partial charge < -0.3 is 14.9 Å². The lowest BCUT2D eigenvalue weighted by Gasteiger charge is -2.23. The van der Waals surface area contributed by atoms with Gasteiger partial charge in [0, 0.05) is 24.3 Å². The van der Waals surface area contributed by atoms with Crippen LogP contribution in [0.1, 0.15) is 60.2 Å². The molecule has 1 aromatic carbocycles. The Morgan fingerprint density at radius 1 is 1.12 bits per heavy atom. The van der Waals surface area contributed by atoms with E-state index in [2.05, 4.69) is 9.97 Å². The second-order valence-electron chi connectivity index (χ2n) is 8.79. The number of thiophene rings is 1. The van der Waals surface area contributed by atoms with E-state index in [-0.39, 0.29) is 17.5 Å². The van der Waals surface area contributed by atoms with Gasteiger partial charge in [0.15, 0.2) is 0 Å². The van der Waals surface area contributed by atoms with E-state index in [0.29, 0.717) is 18.7 Å². The fourth-order valence-electron chi connectivity index (χ4n) is 5.18. The van der Waals surface area contributed by atoms with Gasteiger partial charge in [-0.2, -0.15) is 0 Å². The van der Waals surface area contributed by atoms with Crippen molar-refractivity contribution in [1.82, 2.24) is 24.8 Å². The molecule has 0 saturated carbocycles. The molecule has 1 aliphatic carbocycles. The molecule has 7 nitrogen and oxygen atoms in total. The van der Waals surface area contributed by atoms with Crippen LogP contribution in [0.5, 0.6) is 0 Å². The summed E-state index contributed by atoms with van der Waals surface area (Å²) in [6.07, 6.45) is 6.98. The number of aromatic nitrogens is 4. The van der Waals surface area contributed by atoms with Crippen molar-refractivity contribution in [3.05, 3.63) is 56.7 Å². The first kappa shape index (κ1) is 19.7. The van der Waals surface area contributed by atoms with E-state index in [0.717, 1.165) is 65.7 Å². The summed E-state index contributed by atoms with van der Waals surface area (Å²) >= 11 is 1.65. The number of nitrogens with one attached hydrogen (secondary N) is 2. The zero-order chi connectivity index (χ0) is 21.7. The molecule has 3 aromatic heterocycles. The summed E-state index contributed by atoms with van der Waals surface area (Å²) in [5, 5.41) is 0.768. The number of rotatable bonds is 4. The van der Waals surface area contributed by atoms with E-state index in [1.54, 1.807) is 11.3 Å². The summed E-state index contributed by atoms with van der Waals surface area (Å²) in [6.45, 7) is 0.737. The molecule has 32 heavy (non-hydrogen) atoms. The highest BCUT2D eigenvalue weighted by molar-refractivity contribution is 7.18. The quantitative estimate of drug-likeness (QED) is 0.494. The summed E-state index contributed by atoms with van der Waals surface area (Å²) in [7, 11) is 0. The Hall–Kier alpha value is -3.00. The fraction of sp³-hybridized carbons (Fsp3) is 0.417. The predicted octanol–water partition coefficient (Wildman–Crippen LogP) is 4.04.